The molecule has 2 fully saturated rings. The van der Waals surface area contributed by atoms with Crippen molar-refractivity contribution in [3.8, 4) is 0 Å². The molecule has 0 aromatic heterocycles. The quantitative estimate of drug-likeness (QED) is 0.490. The summed E-state index contributed by atoms with van der Waals surface area (Å²) in [4.78, 5) is 11.7. The Hall–Kier alpha value is -0.340. The summed E-state index contributed by atoms with van der Waals surface area (Å²) in [6, 6.07) is 0. The first-order chi connectivity index (χ1) is 6.62. The molecule has 0 aliphatic heterocycles. The number of ketones is 1. The highest BCUT2D eigenvalue weighted by Gasteiger charge is 2.71. The lowest BCUT2D eigenvalue weighted by atomic mass is 9.58. The average molecular weight is 213 g/mol. The van der Waals surface area contributed by atoms with Gasteiger partial charge in [0.2, 0.25) is 0 Å². The fourth-order valence-electron chi connectivity index (χ4n) is 3.44. The largest absolute Gasteiger partial charge is 0.380 e. The number of Topliss-reactive ketones (excluding diaryl/α,β-unsaturated/α-hetero) is 1. The molecular weight excluding hydrogens is 200 g/mol. The monoisotopic (exact) mass is 212 g/mol. The highest BCUT2D eigenvalue weighted by atomic mass is 35.5. The van der Waals surface area contributed by atoms with Crippen LogP contribution < -0.4 is 0 Å². The maximum absolute atomic E-state index is 11.7. The van der Waals surface area contributed by atoms with E-state index in [1.54, 1.807) is 0 Å². The van der Waals surface area contributed by atoms with Gasteiger partial charge < -0.3 is 5.11 Å². The second-order valence-electron chi connectivity index (χ2n) is 4.78. The van der Waals surface area contributed by atoms with Crippen LogP contribution in [-0.4, -0.2) is 21.9 Å². The average Bonchev–Trinajstić information content (AvgIpc) is 2.75. The molecule has 2 saturated carbocycles. The van der Waals surface area contributed by atoms with Crippen LogP contribution in [-0.2, 0) is 4.79 Å². The molecule has 14 heavy (non-hydrogen) atoms. The zero-order chi connectivity index (χ0) is 9.97. The van der Waals surface area contributed by atoms with Gasteiger partial charge in [-0.05, 0) is 12.8 Å². The molecule has 0 aromatic rings. The van der Waals surface area contributed by atoms with E-state index in [9.17, 15) is 9.90 Å². The molecule has 0 amide bonds. The zero-order valence-electron chi connectivity index (χ0n) is 7.87. The Bertz CT molecular complexity index is 330. The van der Waals surface area contributed by atoms with Crippen molar-refractivity contribution in [2.45, 2.75) is 36.7 Å². The molecule has 3 aliphatic carbocycles. The summed E-state index contributed by atoms with van der Waals surface area (Å²) in [7, 11) is 0. The van der Waals surface area contributed by atoms with E-state index in [-0.39, 0.29) is 17.1 Å². The van der Waals surface area contributed by atoms with E-state index in [1.807, 2.05) is 12.2 Å². The van der Waals surface area contributed by atoms with Gasteiger partial charge in [-0.15, -0.1) is 11.6 Å². The SMILES string of the molecule is O=C1[C@@H](Cl)[C@@H]2C=CC3(CCCC3)[C@]12O. The van der Waals surface area contributed by atoms with Gasteiger partial charge in [-0.1, -0.05) is 25.0 Å². The third-order valence-corrected chi connectivity index (χ3v) is 4.77. The molecule has 3 atom stereocenters. The van der Waals surface area contributed by atoms with Crippen molar-refractivity contribution < 1.29 is 9.90 Å². The van der Waals surface area contributed by atoms with Crippen LogP contribution in [0.25, 0.3) is 0 Å². The number of carbonyl (C=O) groups is 1. The van der Waals surface area contributed by atoms with E-state index >= 15 is 0 Å². The topological polar surface area (TPSA) is 37.3 Å². The van der Waals surface area contributed by atoms with E-state index in [2.05, 4.69) is 0 Å². The minimum absolute atomic E-state index is 0.130. The van der Waals surface area contributed by atoms with E-state index in [0.717, 1.165) is 25.7 Å². The molecule has 0 radical (unpaired) electrons. The summed E-state index contributed by atoms with van der Waals surface area (Å²) in [6.45, 7) is 0. The van der Waals surface area contributed by atoms with Crippen LogP contribution in [0.3, 0.4) is 0 Å². The summed E-state index contributed by atoms with van der Waals surface area (Å²) in [5.74, 6) is -0.286. The van der Waals surface area contributed by atoms with E-state index in [0.29, 0.717) is 0 Å². The molecule has 2 nitrogen and oxygen atoms in total. The maximum atomic E-state index is 11.7. The molecule has 0 unspecified atom stereocenters. The van der Waals surface area contributed by atoms with Crippen LogP contribution in [0, 0.1) is 11.3 Å². The van der Waals surface area contributed by atoms with Crippen LogP contribution in [0.4, 0.5) is 0 Å². The summed E-state index contributed by atoms with van der Waals surface area (Å²) < 4.78 is 0. The van der Waals surface area contributed by atoms with Gasteiger partial charge in [-0.2, -0.15) is 0 Å². The fraction of sp³-hybridized carbons (Fsp3) is 0.727. The molecule has 3 rings (SSSR count). The van der Waals surface area contributed by atoms with Crippen molar-refractivity contribution in [2.75, 3.05) is 0 Å². The molecule has 1 N–H and O–H groups in total. The molecule has 0 aromatic carbocycles. The third-order valence-electron chi connectivity index (χ3n) is 4.30. The number of aliphatic hydroxyl groups is 1. The van der Waals surface area contributed by atoms with Gasteiger partial charge in [0.1, 0.15) is 11.0 Å². The Morgan fingerprint density at radius 1 is 1.43 bits per heavy atom. The van der Waals surface area contributed by atoms with Crippen LogP contribution in [0.15, 0.2) is 12.2 Å². The van der Waals surface area contributed by atoms with Crippen molar-refractivity contribution >= 4 is 17.4 Å². The molecule has 0 bridgehead atoms. The van der Waals surface area contributed by atoms with Crippen molar-refractivity contribution in [3.63, 3.8) is 0 Å². The van der Waals surface area contributed by atoms with Crippen molar-refractivity contribution in [3.05, 3.63) is 12.2 Å². The van der Waals surface area contributed by atoms with Crippen LogP contribution in [0.2, 0.25) is 0 Å². The Morgan fingerprint density at radius 2 is 2.07 bits per heavy atom. The number of hydrogen-bond donors (Lipinski definition) is 1. The van der Waals surface area contributed by atoms with Gasteiger partial charge in [0.25, 0.3) is 0 Å². The van der Waals surface area contributed by atoms with E-state index in [4.69, 9.17) is 11.6 Å². The summed E-state index contributed by atoms with van der Waals surface area (Å²) in [6.07, 6.45) is 8.09. The highest BCUT2D eigenvalue weighted by Crippen LogP contribution is 2.62. The molecule has 3 heteroatoms. The lowest BCUT2D eigenvalue weighted by Gasteiger charge is -2.50. The highest BCUT2D eigenvalue weighted by molar-refractivity contribution is 6.36. The summed E-state index contributed by atoms with van der Waals surface area (Å²) in [5.41, 5.74) is -1.41. The first-order valence-electron chi connectivity index (χ1n) is 5.22. The second kappa shape index (κ2) is 2.42. The van der Waals surface area contributed by atoms with Gasteiger partial charge in [-0.3, -0.25) is 4.79 Å². The van der Waals surface area contributed by atoms with Crippen molar-refractivity contribution in [1.82, 2.24) is 0 Å². The Balaban J connectivity index is 2.04. The zero-order valence-corrected chi connectivity index (χ0v) is 8.63. The predicted octanol–water partition coefficient (Wildman–Crippen LogP) is 1.65. The van der Waals surface area contributed by atoms with E-state index in [1.165, 1.54) is 0 Å². The summed E-state index contributed by atoms with van der Waals surface area (Å²) >= 11 is 5.89. The van der Waals surface area contributed by atoms with Crippen LogP contribution >= 0.6 is 11.6 Å². The Morgan fingerprint density at radius 3 is 2.71 bits per heavy atom. The standard InChI is InChI=1S/C11H13ClO2/c12-8-7-3-6-10(4-1-2-5-10)11(7,14)9(8)13/h3,6-8,14H,1-2,4-5H2/t7-,8-,11+/m0/s1. The predicted molar refractivity (Wildman–Crippen MR) is 53.1 cm³/mol. The minimum Gasteiger partial charge on any atom is -0.380 e. The first-order valence-corrected chi connectivity index (χ1v) is 5.66. The molecule has 1 spiro atoms. The number of hydrogen-bond acceptors (Lipinski definition) is 2. The number of halogens is 1. The van der Waals surface area contributed by atoms with Gasteiger partial charge in [0, 0.05) is 11.3 Å². The first kappa shape index (κ1) is 8.93. The molecule has 76 valence electrons. The lowest BCUT2D eigenvalue weighted by molar-refractivity contribution is -0.172. The molecule has 0 heterocycles. The van der Waals surface area contributed by atoms with E-state index < -0.39 is 11.0 Å². The minimum atomic E-state index is -1.14. The van der Waals surface area contributed by atoms with Gasteiger partial charge in [-0.25, -0.2) is 0 Å². The number of carbonyl (C=O) groups excluding carboxylic acids is 1. The maximum Gasteiger partial charge on any atom is 0.184 e. The molecular formula is C11H13ClO2. The van der Waals surface area contributed by atoms with Crippen molar-refractivity contribution in [1.29, 1.82) is 0 Å². The van der Waals surface area contributed by atoms with Gasteiger partial charge >= 0.3 is 0 Å². The second-order valence-corrected chi connectivity index (χ2v) is 5.25. The Kier molecular flexibility index (Phi) is 1.54. The summed E-state index contributed by atoms with van der Waals surface area (Å²) in [5, 5.41) is 9.95. The van der Waals surface area contributed by atoms with Gasteiger partial charge in [0.15, 0.2) is 5.78 Å². The lowest BCUT2D eigenvalue weighted by Crippen LogP contribution is -2.68. The number of rotatable bonds is 0. The molecule has 3 aliphatic rings. The van der Waals surface area contributed by atoms with Crippen LogP contribution in [0.1, 0.15) is 25.7 Å². The normalized spacial score (nSPS) is 48.3. The van der Waals surface area contributed by atoms with Gasteiger partial charge in [0.05, 0.1) is 0 Å². The fourth-order valence-corrected chi connectivity index (χ4v) is 3.87. The third kappa shape index (κ3) is 0.695. The van der Waals surface area contributed by atoms with Crippen LogP contribution in [0.5, 0.6) is 0 Å². The number of alkyl halides is 1. The Labute approximate surface area is 87.9 Å². The number of fused-ring (bicyclic) bond motifs is 2. The van der Waals surface area contributed by atoms with Crippen molar-refractivity contribution in [2.24, 2.45) is 11.3 Å². The molecule has 0 saturated heterocycles. The smallest absolute Gasteiger partial charge is 0.184 e.